The minimum atomic E-state index is -3.25. The van der Waals surface area contributed by atoms with Gasteiger partial charge in [-0.3, -0.25) is 0 Å². The van der Waals surface area contributed by atoms with E-state index in [1.54, 1.807) is 4.31 Å². The fraction of sp³-hybridized carbons (Fsp3) is 0.421. The van der Waals surface area contributed by atoms with E-state index >= 15 is 0 Å². The zero-order chi connectivity index (χ0) is 20.6. The molecule has 3 heterocycles. The number of piperazine rings is 1. The summed E-state index contributed by atoms with van der Waals surface area (Å²) in [7, 11) is -3.25. The summed E-state index contributed by atoms with van der Waals surface area (Å²) in [6.07, 6.45) is 3.81. The number of sulfonamides is 1. The van der Waals surface area contributed by atoms with Crippen LogP contribution in [0.4, 0.5) is 5.95 Å². The molecule has 0 unspecified atom stereocenters. The van der Waals surface area contributed by atoms with Crippen LogP contribution in [0.15, 0.2) is 36.5 Å². The first-order valence-corrected chi connectivity index (χ1v) is 12.4. The second kappa shape index (κ2) is 8.15. The Bertz CT molecular complexity index is 1120. The van der Waals surface area contributed by atoms with E-state index in [4.69, 9.17) is 4.98 Å². The second-order valence-corrected chi connectivity index (χ2v) is 10.2. The van der Waals surface area contributed by atoms with Gasteiger partial charge < -0.3 is 4.90 Å². The Morgan fingerprint density at radius 1 is 1.21 bits per heavy atom. The van der Waals surface area contributed by atoms with Gasteiger partial charge in [-0.15, -0.1) is 0 Å². The summed E-state index contributed by atoms with van der Waals surface area (Å²) in [4.78, 5) is 11.6. The first kappa shape index (κ1) is 20.5. The molecule has 10 heteroatoms. The van der Waals surface area contributed by atoms with Crippen LogP contribution >= 0.6 is 22.6 Å². The summed E-state index contributed by atoms with van der Waals surface area (Å²) >= 11 is 2.20. The van der Waals surface area contributed by atoms with Crippen LogP contribution < -0.4 is 4.90 Å². The molecule has 1 aliphatic heterocycles. The number of nitrogens with zero attached hydrogens (tertiary/aromatic N) is 6. The lowest BCUT2D eigenvalue weighted by Gasteiger charge is -2.40. The molecule has 0 amide bonds. The molecule has 0 saturated carbocycles. The normalized spacial score (nSPS) is 18.4. The maximum atomic E-state index is 12.2. The number of rotatable bonds is 5. The molecule has 3 aromatic rings. The summed E-state index contributed by atoms with van der Waals surface area (Å²) in [6, 6.07) is 10.1. The van der Waals surface area contributed by atoms with Crippen LogP contribution in [0.2, 0.25) is 0 Å². The van der Waals surface area contributed by atoms with Crippen molar-refractivity contribution in [3.05, 3.63) is 45.8 Å². The Kier molecular flexibility index (Phi) is 5.76. The monoisotopic (exact) mass is 526 g/mol. The highest BCUT2D eigenvalue weighted by atomic mass is 127. The van der Waals surface area contributed by atoms with Gasteiger partial charge in [-0.2, -0.15) is 14.4 Å². The average Bonchev–Trinajstić information content (AvgIpc) is 3.03. The van der Waals surface area contributed by atoms with E-state index in [-0.39, 0.29) is 6.04 Å². The number of halogens is 1. The number of aromatic nitrogens is 4. The SMILES string of the molecule is CCn1nc(I)c2cnc(N3CCN(S(C)(=O)=O)C[C@H]3Cc3ccccc3)nc21. The predicted octanol–water partition coefficient (Wildman–Crippen LogP) is 2.14. The topological polar surface area (TPSA) is 84.2 Å². The summed E-state index contributed by atoms with van der Waals surface area (Å²) in [5.41, 5.74) is 1.97. The standard InChI is InChI=1S/C19H23IN6O2S/c1-3-26-18-16(17(20)23-26)12-21-19(22-18)25-10-9-24(29(2,27)28)13-15(25)11-14-7-5-4-6-8-14/h4-8,12,15H,3,9-11,13H2,1-2H3/t15-/m1/s1. The van der Waals surface area contributed by atoms with Crippen molar-refractivity contribution >= 4 is 49.6 Å². The lowest BCUT2D eigenvalue weighted by molar-refractivity contribution is 0.330. The van der Waals surface area contributed by atoms with Gasteiger partial charge in [0.1, 0.15) is 3.70 Å². The summed E-state index contributed by atoms with van der Waals surface area (Å²) in [6.45, 7) is 4.15. The second-order valence-electron chi connectivity index (χ2n) is 7.17. The molecule has 1 atom stereocenters. The largest absolute Gasteiger partial charge is 0.335 e. The average molecular weight is 526 g/mol. The maximum Gasteiger partial charge on any atom is 0.227 e. The van der Waals surface area contributed by atoms with Crippen LogP contribution in [0, 0.1) is 3.70 Å². The molecule has 0 bridgehead atoms. The van der Waals surface area contributed by atoms with Crippen molar-refractivity contribution in [1.82, 2.24) is 24.1 Å². The number of benzene rings is 1. The van der Waals surface area contributed by atoms with Gasteiger partial charge in [0.2, 0.25) is 16.0 Å². The van der Waals surface area contributed by atoms with E-state index in [0.717, 1.165) is 33.3 Å². The third-order valence-corrected chi connectivity index (χ3v) is 7.28. The Balaban J connectivity index is 1.70. The molecular formula is C19H23IN6O2S. The molecule has 1 aliphatic rings. The fourth-order valence-corrected chi connectivity index (χ4v) is 5.22. The van der Waals surface area contributed by atoms with E-state index in [1.807, 2.05) is 36.0 Å². The molecule has 0 aliphatic carbocycles. The quantitative estimate of drug-likeness (QED) is 0.474. The van der Waals surface area contributed by atoms with Crippen LogP contribution in [-0.4, -0.2) is 64.4 Å². The van der Waals surface area contributed by atoms with E-state index in [9.17, 15) is 8.42 Å². The van der Waals surface area contributed by atoms with E-state index in [1.165, 1.54) is 6.26 Å². The minimum absolute atomic E-state index is 0.0459. The third-order valence-electron chi connectivity index (χ3n) is 5.22. The number of aryl methyl sites for hydroxylation is 1. The van der Waals surface area contributed by atoms with Crippen LogP contribution in [0.3, 0.4) is 0 Å². The predicted molar refractivity (Wildman–Crippen MR) is 121 cm³/mol. The van der Waals surface area contributed by atoms with Crippen molar-refractivity contribution in [2.24, 2.45) is 0 Å². The van der Waals surface area contributed by atoms with Gasteiger partial charge in [-0.25, -0.2) is 18.1 Å². The van der Waals surface area contributed by atoms with Crippen LogP contribution in [0.25, 0.3) is 11.0 Å². The van der Waals surface area contributed by atoms with Gasteiger partial charge in [0.15, 0.2) is 5.65 Å². The molecule has 8 nitrogen and oxygen atoms in total. The van der Waals surface area contributed by atoms with Crippen LogP contribution in [0.1, 0.15) is 12.5 Å². The third kappa shape index (κ3) is 4.24. The number of hydrogen-bond acceptors (Lipinski definition) is 6. The zero-order valence-corrected chi connectivity index (χ0v) is 19.3. The van der Waals surface area contributed by atoms with Gasteiger partial charge in [0.25, 0.3) is 0 Å². The Labute approximate surface area is 184 Å². The van der Waals surface area contributed by atoms with Crippen molar-refractivity contribution in [2.75, 3.05) is 30.8 Å². The van der Waals surface area contributed by atoms with Crippen LogP contribution in [0.5, 0.6) is 0 Å². The summed E-state index contributed by atoms with van der Waals surface area (Å²) in [5, 5.41) is 5.46. The smallest absolute Gasteiger partial charge is 0.227 e. The molecule has 1 fully saturated rings. The molecule has 1 saturated heterocycles. The van der Waals surface area contributed by atoms with Crippen molar-refractivity contribution in [3.63, 3.8) is 0 Å². The van der Waals surface area contributed by atoms with Crippen LogP contribution in [-0.2, 0) is 23.0 Å². The van der Waals surface area contributed by atoms with E-state index in [2.05, 4.69) is 49.7 Å². The van der Waals surface area contributed by atoms with Gasteiger partial charge >= 0.3 is 0 Å². The fourth-order valence-electron chi connectivity index (χ4n) is 3.72. The lowest BCUT2D eigenvalue weighted by atomic mass is 10.0. The maximum absolute atomic E-state index is 12.2. The summed E-state index contributed by atoms with van der Waals surface area (Å²) < 4.78 is 28.6. The molecular weight excluding hydrogens is 503 g/mol. The number of hydrogen-bond donors (Lipinski definition) is 0. The minimum Gasteiger partial charge on any atom is -0.335 e. The van der Waals surface area contributed by atoms with Gasteiger partial charge in [0, 0.05) is 38.4 Å². The highest BCUT2D eigenvalue weighted by Gasteiger charge is 2.33. The van der Waals surface area contributed by atoms with Gasteiger partial charge in [-0.05, 0) is 41.5 Å². The van der Waals surface area contributed by atoms with Crippen molar-refractivity contribution < 1.29 is 8.42 Å². The van der Waals surface area contributed by atoms with Gasteiger partial charge in [0.05, 0.1) is 11.6 Å². The molecule has 154 valence electrons. The molecule has 1 aromatic carbocycles. The van der Waals surface area contributed by atoms with E-state index < -0.39 is 10.0 Å². The Hall–Kier alpha value is -1.79. The molecule has 0 radical (unpaired) electrons. The first-order chi connectivity index (χ1) is 13.9. The molecule has 2 aromatic heterocycles. The highest BCUT2D eigenvalue weighted by molar-refractivity contribution is 14.1. The zero-order valence-electron chi connectivity index (χ0n) is 16.4. The van der Waals surface area contributed by atoms with Crippen molar-refractivity contribution in [1.29, 1.82) is 0 Å². The highest BCUT2D eigenvalue weighted by Crippen LogP contribution is 2.25. The molecule has 0 spiro atoms. The Morgan fingerprint density at radius 3 is 2.66 bits per heavy atom. The summed E-state index contributed by atoms with van der Waals surface area (Å²) in [5.74, 6) is 0.623. The number of anilines is 1. The Morgan fingerprint density at radius 2 is 1.97 bits per heavy atom. The molecule has 4 rings (SSSR count). The first-order valence-electron chi connectivity index (χ1n) is 9.51. The molecule has 0 N–H and O–H groups in total. The lowest BCUT2D eigenvalue weighted by Crippen LogP contribution is -2.56. The number of fused-ring (bicyclic) bond motifs is 1. The molecule has 29 heavy (non-hydrogen) atoms. The van der Waals surface area contributed by atoms with Gasteiger partial charge in [-0.1, -0.05) is 30.3 Å². The van der Waals surface area contributed by atoms with Crippen molar-refractivity contribution in [3.8, 4) is 0 Å². The van der Waals surface area contributed by atoms with E-state index in [0.29, 0.717) is 25.6 Å². The van der Waals surface area contributed by atoms with Crippen molar-refractivity contribution in [2.45, 2.75) is 25.9 Å².